The van der Waals surface area contributed by atoms with E-state index in [4.69, 9.17) is 4.84 Å². The molecule has 7 nitrogen and oxygen atoms in total. The number of fused-ring (bicyclic) bond motifs is 1. The molecule has 2 aromatic rings. The van der Waals surface area contributed by atoms with Gasteiger partial charge in [0.05, 0.1) is 0 Å². The number of benzene rings is 1. The van der Waals surface area contributed by atoms with Crippen LogP contribution < -0.4 is 10.4 Å². The van der Waals surface area contributed by atoms with E-state index in [0.29, 0.717) is 36.9 Å². The molecule has 2 aliphatic rings. The monoisotopic (exact) mass is 442 g/mol. The van der Waals surface area contributed by atoms with Crippen molar-refractivity contribution in [3.8, 4) is 5.75 Å². The van der Waals surface area contributed by atoms with Crippen molar-refractivity contribution in [2.75, 3.05) is 19.6 Å². The predicted molar refractivity (Wildman–Crippen MR) is 121 cm³/mol. The Bertz CT molecular complexity index is 1040. The van der Waals surface area contributed by atoms with Crippen LogP contribution in [0.15, 0.2) is 28.1 Å². The van der Waals surface area contributed by atoms with Gasteiger partial charge in [-0.2, -0.15) is 0 Å². The summed E-state index contributed by atoms with van der Waals surface area (Å²) in [6.07, 6.45) is 5.22. The summed E-state index contributed by atoms with van der Waals surface area (Å²) >= 11 is 0. The number of hydrogen-bond donors (Lipinski definition) is 1. The van der Waals surface area contributed by atoms with E-state index >= 15 is 0 Å². The summed E-state index contributed by atoms with van der Waals surface area (Å²) in [7, 11) is 0. The van der Waals surface area contributed by atoms with Crippen molar-refractivity contribution >= 4 is 6.21 Å². The molecule has 0 aliphatic carbocycles. The molecule has 4 rings (SSSR count). The molecule has 0 spiro atoms. The maximum Gasteiger partial charge on any atom is 0.257 e. The number of likely N-dealkylation sites (tertiary alicyclic amines) is 1. The summed E-state index contributed by atoms with van der Waals surface area (Å²) in [5.74, 6) is 0.929. The van der Waals surface area contributed by atoms with Gasteiger partial charge < -0.3 is 14.8 Å². The molecule has 172 valence electrons. The molecule has 1 aromatic heterocycles. The average molecular weight is 443 g/mol. The van der Waals surface area contributed by atoms with Gasteiger partial charge in [-0.3, -0.25) is 9.36 Å². The highest BCUT2D eigenvalue weighted by molar-refractivity contribution is 5.60. The minimum absolute atomic E-state index is 0.00180. The van der Waals surface area contributed by atoms with Gasteiger partial charge in [0.15, 0.2) is 5.75 Å². The third-order valence-electron chi connectivity index (χ3n) is 6.54. The van der Waals surface area contributed by atoms with E-state index in [1.54, 1.807) is 10.6 Å². The van der Waals surface area contributed by atoms with Crippen molar-refractivity contribution < 1.29 is 14.3 Å². The second-order valence-corrected chi connectivity index (χ2v) is 8.83. The standard InChI is InChI=1S/C24H31FN4O3/c1-16-5-6-19(25)14-22(16)32-26-15-18-7-11-28(12-8-18)13-9-20-17(2)27-23-21(30)4-3-10-29(23)24(20)31/h5-6,14-15,18,21,30H,3-4,7-13H2,1-2H3/b26-15+. The number of halogens is 1. The largest absolute Gasteiger partial charge is 0.385 e. The fourth-order valence-electron chi connectivity index (χ4n) is 4.49. The van der Waals surface area contributed by atoms with Gasteiger partial charge in [-0.25, -0.2) is 9.37 Å². The molecule has 1 atom stereocenters. The van der Waals surface area contributed by atoms with E-state index in [2.05, 4.69) is 15.0 Å². The Balaban J connectivity index is 1.29. The first-order valence-electron chi connectivity index (χ1n) is 11.4. The van der Waals surface area contributed by atoms with Crippen LogP contribution in [0.3, 0.4) is 0 Å². The Morgan fingerprint density at radius 3 is 2.81 bits per heavy atom. The van der Waals surface area contributed by atoms with Gasteiger partial charge in [0.2, 0.25) is 0 Å². The molecular weight excluding hydrogens is 411 g/mol. The summed E-state index contributed by atoms with van der Waals surface area (Å²) in [4.78, 5) is 25.2. The van der Waals surface area contributed by atoms with E-state index in [1.165, 1.54) is 12.1 Å². The first-order valence-corrected chi connectivity index (χ1v) is 11.4. The van der Waals surface area contributed by atoms with Crippen molar-refractivity contribution in [1.29, 1.82) is 0 Å². The summed E-state index contributed by atoms with van der Waals surface area (Å²) in [6, 6.07) is 4.42. The lowest BCUT2D eigenvalue weighted by atomic mass is 9.98. The maximum atomic E-state index is 13.3. The van der Waals surface area contributed by atoms with Gasteiger partial charge in [-0.05, 0) is 76.6 Å². The smallest absolute Gasteiger partial charge is 0.257 e. The predicted octanol–water partition coefficient (Wildman–Crippen LogP) is 3.15. The molecule has 0 radical (unpaired) electrons. The minimum atomic E-state index is -0.640. The van der Waals surface area contributed by atoms with Gasteiger partial charge in [-0.15, -0.1) is 0 Å². The second-order valence-electron chi connectivity index (χ2n) is 8.83. The quantitative estimate of drug-likeness (QED) is 0.549. The van der Waals surface area contributed by atoms with E-state index in [1.807, 2.05) is 20.1 Å². The summed E-state index contributed by atoms with van der Waals surface area (Å²) in [5.41, 5.74) is 2.33. The lowest BCUT2D eigenvalue weighted by Gasteiger charge is -2.30. The van der Waals surface area contributed by atoms with E-state index < -0.39 is 6.10 Å². The van der Waals surface area contributed by atoms with Crippen LogP contribution in [0.5, 0.6) is 5.75 Å². The molecule has 0 bridgehead atoms. The number of hydrogen-bond acceptors (Lipinski definition) is 6. The highest BCUT2D eigenvalue weighted by Gasteiger charge is 2.24. The van der Waals surface area contributed by atoms with E-state index in [-0.39, 0.29) is 11.4 Å². The second kappa shape index (κ2) is 9.92. The van der Waals surface area contributed by atoms with Gasteiger partial charge in [0.1, 0.15) is 17.7 Å². The molecule has 2 aliphatic heterocycles. The van der Waals surface area contributed by atoms with Gasteiger partial charge >= 0.3 is 0 Å². The van der Waals surface area contributed by atoms with Crippen molar-refractivity contribution in [2.24, 2.45) is 11.1 Å². The molecule has 8 heteroatoms. The topological polar surface area (TPSA) is 80.0 Å². The Hall–Kier alpha value is -2.58. The Morgan fingerprint density at radius 1 is 1.25 bits per heavy atom. The fourth-order valence-corrected chi connectivity index (χ4v) is 4.49. The van der Waals surface area contributed by atoms with Crippen LogP contribution >= 0.6 is 0 Å². The van der Waals surface area contributed by atoms with Crippen LogP contribution in [0.1, 0.15) is 54.4 Å². The van der Waals surface area contributed by atoms with E-state index in [9.17, 15) is 14.3 Å². The Kier molecular flexibility index (Phi) is 7.01. The van der Waals surface area contributed by atoms with Gasteiger partial charge in [0, 0.05) is 36.6 Å². The molecule has 1 N–H and O–H groups in total. The SMILES string of the molecule is Cc1ccc(F)cc1O/N=C/C1CCN(CCc2c(C)nc3n(c2=O)CCCC3O)CC1. The first-order chi connectivity index (χ1) is 15.4. The van der Waals surface area contributed by atoms with Crippen LogP contribution in [0.25, 0.3) is 0 Å². The van der Waals surface area contributed by atoms with E-state index in [0.717, 1.165) is 55.7 Å². The minimum Gasteiger partial charge on any atom is -0.385 e. The molecule has 32 heavy (non-hydrogen) atoms. The average Bonchev–Trinajstić information content (AvgIpc) is 2.78. The summed E-state index contributed by atoms with van der Waals surface area (Å²) < 4.78 is 15.0. The van der Waals surface area contributed by atoms with Crippen LogP contribution in [0.2, 0.25) is 0 Å². The molecule has 3 heterocycles. The van der Waals surface area contributed by atoms with Crippen LogP contribution in [0, 0.1) is 25.6 Å². The highest BCUT2D eigenvalue weighted by atomic mass is 19.1. The number of aliphatic hydroxyl groups is 1. The van der Waals surface area contributed by atoms with Gasteiger partial charge in [0.25, 0.3) is 5.56 Å². The molecule has 1 fully saturated rings. The highest BCUT2D eigenvalue weighted by Crippen LogP contribution is 2.23. The number of piperidine rings is 1. The van der Waals surface area contributed by atoms with Crippen LogP contribution in [-0.2, 0) is 13.0 Å². The molecule has 0 saturated carbocycles. The fraction of sp³-hybridized carbons (Fsp3) is 0.542. The molecule has 1 unspecified atom stereocenters. The maximum absolute atomic E-state index is 13.3. The number of rotatable bonds is 6. The molecule has 1 saturated heterocycles. The number of aryl methyl sites for hydroxylation is 2. The van der Waals surface area contributed by atoms with Crippen molar-refractivity contribution in [3.05, 3.63) is 57.0 Å². The Labute approximate surface area is 187 Å². The third-order valence-corrected chi connectivity index (χ3v) is 6.54. The van der Waals surface area contributed by atoms with Crippen LogP contribution in [-0.4, -0.2) is 45.4 Å². The summed E-state index contributed by atoms with van der Waals surface area (Å²) in [5, 5.41) is 14.2. The molecule has 0 amide bonds. The summed E-state index contributed by atoms with van der Waals surface area (Å²) in [6.45, 7) is 7.01. The lowest BCUT2D eigenvalue weighted by molar-refractivity contribution is 0.129. The zero-order valence-corrected chi connectivity index (χ0v) is 18.8. The van der Waals surface area contributed by atoms with Crippen molar-refractivity contribution in [3.63, 3.8) is 0 Å². The molecule has 1 aromatic carbocycles. The zero-order chi connectivity index (χ0) is 22.7. The third kappa shape index (κ3) is 5.07. The van der Waals surface area contributed by atoms with Gasteiger partial charge in [-0.1, -0.05) is 11.2 Å². The van der Waals surface area contributed by atoms with Crippen molar-refractivity contribution in [2.45, 2.75) is 58.6 Å². The number of oxime groups is 1. The molecular formula is C24H31FN4O3. The number of aliphatic hydroxyl groups excluding tert-OH is 1. The zero-order valence-electron chi connectivity index (χ0n) is 18.8. The lowest BCUT2D eigenvalue weighted by Crippen LogP contribution is -2.38. The normalized spacial score (nSPS) is 19.9. The van der Waals surface area contributed by atoms with Crippen molar-refractivity contribution in [1.82, 2.24) is 14.5 Å². The number of aromatic nitrogens is 2. The van der Waals surface area contributed by atoms with Crippen LogP contribution in [0.4, 0.5) is 4.39 Å². The Morgan fingerprint density at radius 2 is 2.03 bits per heavy atom. The first kappa shape index (κ1) is 22.6. The number of nitrogens with zero attached hydrogens (tertiary/aromatic N) is 4.